The van der Waals surface area contributed by atoms with Crippen molar-refractivity contribution in [1.82, 2.24) is 9.97 Å². The Kier molecular flexibility index (Phi) is 4.47. The third-order valence-corrected chi connectivity index (χ3v) is 3.37. The predicted octanol–water partition coefficient (Wildman–Crippen LogP) is 4.00. The highest BCUT2D eigenvalue weighted by atomic mass is 79.9. The van der Waals surface area contributed by atoms with Crippen LogP contribution in [0.3, 0.4) is 0 Å². The van der Waals surface area contributed by atoms with Gasteiger partial charge in [-0.2, -0.15) is 0 Å². The first-order valence-electron chi connectivity index (χ1n) is 6.60. The van der Waals surface area contributed by atoms with Gasteiger partial charge in [0.2, 0.25) is 5.89 Å². The molecule has 0 radical (unpaired) electrons. The lowest BCUT2D eigenvalue weighted by atomic mass is 10.2. The molecule has 1 aromatic carbocycles. The monoisotopic (exact) mass is 376 g/mol. The van der Waals surface area contributed by atoms with E-state index in [-0.39, 0.29) is 12.4 Å². The molecule has 0 aliphatic rings. The fourth-order valence-electron chi connectivity index (χ4n) is 1.84. The molecule has 116 valence electrons. The molecule has 3 aromatic rings. The van der Waals surface area contributed by atoms with Crippen LogP contribution in [0.1, 0.15) is 16.1 Å². The number of carbonyl (C=O) groups is 1. The van der Waals surface area contributed by atoms with Gasteiger partial charge in [0.1, 0.15) is 24.4 Å². The average molecular weight is 377 g/mol. The Labute approximate surface area is 139 Å². The number of aromatic nitrogens is 2. The van der Waals surface area contributed by atoms with Crippen LogP contribution < -0.4 is 0 Å². The number of hydrogen-bond acceptors (Lipinski definition) is 5. The van der Waals surface area contributed by atoms with E-state index < -0.39 is 5.97 Å². The highest BCUT2D eigenvalue weighted by molar-refractivity contribution is 9.10. The maximum absolute atomic E-state index is 12.9. The smallest absolute Gasteiger partial charge is 0.340 e. The van der Waals surface area contributed by atoms with Crippen molar-refractivity contribution in [3.8, 4) is 11.5 Å². The summed E-state index contributed by atoms with van der Waals surface area (Å²) in [4.78, 5) is 20.0. The summed E-state index contributed by atoms with van der Waals surface area (Å²) in [6.45, 7) is -0.0317. The molecule has 2 aromatic heterocycles. The molecule has 0 fully saturated rings. The minimum atomic E-state index is -0.509. The molecule has 5 nitrogen and oxygen atoms in total. The van der Waals surface area contributed by atoms with E-state index in [1.807, 2.05) is 0 Å². The van der Waals surface area contributed by atoms with Crippen LogP contribution in [0, 0.1) is 5.82 Å². The van der Waals surface area contributed by atoms with Gasteiger partial charge in [0.05, 0.1) is 5.56 Å². The number of hydrogen-bond donors (Lipinski definition) is 0. The normalized spacial score (nSPS) is 10.5. The Morgan fingerprint density at radius 3 is 2.78 bits per heavy atom. The molecule has 0 spiro atoms. The Balaban J connectivity index is 1.65. The van der Waals surface area contributed by atoms with Crippen molar-refractivity contribution in [3.63, 3.8) is 0 Å². The van der Waals surface area contributed by atoms with E-state index in [2.05, 4.69) is 25.9 Å². The van der Waals surface area contributed by atoms with Gasteiger partial charge in [0, 0.05) is 22.4 Å². The Morgan fingerprint density at radius 2 is 2.04 bits per heavy atom. The first-order chi connectivity index (χ1) is 11.1. The average Bonchev–Trinajstić information content (AvgIpc) is 3.02. The number of carbonyl (C=O) groups excluding carboxylic acids is 1. The lowest BCUT2D eigenvalue weighted by Crippen LogP contribution is -2.05. The molecular weight excluding hydrogens is 367 g/mol. The summed E-state index contributed by atoms with van der Waals surface area (Å²) in [5, 5.41) is 0. The van der Waals surface area contributed by atoms with Crippen molar-refractivity contribution in [2.75, 3.05) is 0 Å². The van der Waals surface area contributed by atoms with Crippen molar-refractivity contribution in [2.45, 2.75) is 6.61 Å². The van der Waals surface area contributed by atoms with E-state index in [1.165, 1.54) is 24.6 Å². The highest BCUT2D eigenvalue weighted by Gasteiger charge is 2.11. The first kappa shape index (κ1) is 15.4. The Bertz CT molecular complexity index is 833. The fourth-order valence-corrected chi connectivity index (χ4v) is 2.21. The Hall–Kier alpha value is -2.54. The van der Waals surface area contributed by atoms with E-state index in [0.29, 0.717) is 27.2 Å². The molecule has 0 amide bonds. The summed E-state index contributed by atoms with van der Waals surface area (Å²) < 4.78 is 24.0. The van der Waals surface area contributed by atoms with Crippen LogP contribution in [-0.4, -0.2) is 15.9 Å². The largest absolute Gasteiger partial charge is 0.455 e. The van der Waals surface area contributed by atoms with Gasteiger partial charge in [-0.15, -0.1) is 0 Å². The van der Waals surface area contributed by atoms with Crippen LogP contribution in [-0.2, 0) is 11.3 Å². The second-order valence-corrected chi connectivity index (χ2v) is 5.53. The van der Waals surface area contributed by atoms with Crippen LogP contribution in [0.4, 0.5) is 4.39 Å². The highest BCUT2D eigenvalue weighted by Crippen LogP contribution is 2.19. The minimum Gasteiger partial charge on any atom is -0.455 e. The van der Waals surface area contributed by atoms with Crippen LogP contribution in [0.15, 0.2) is 57.9 Å². The molecule has 0 bridgehead atoms. The van der Waals surface area contributed by atoms with Gasteiger partial charge in [-0.3, -0.25) is 4.98 Å². The summed E-state index contributed by atoms with van der Waals surface area (Å²) in [6.07, 6.45) is 4.38. The quantitative estimate of drug-likeness (QED) is 0.644. The van der Waals surface area contributed by atoms with Crippen molar-refractivity contribution in [1.29, 1.82) is 0 Å². The van der Waals surface area contributed by atoms with Gasteiger partial charge in [-0.1, -0.05) is 0 Å². The van der Waals surface area contributed by atoms with Crippen molar-refractivity contribution in [3.05, 3.63) is 70.5 Å². The number of benzene rings is 1. The molecule has 0 saturated carbocycles. The fraction of sp³-hybridized carbons (Fsp3) is 0.0625. The van der Waals surface area contributed by atoms with E-state index in [4.69, 9.17) is 9.15 Å². The molecule has 23 heavy (non-hydrogen) atoms. The van der Waals surface area contributed by atoms with Crippen molar-refractivity contribution < 1.29 is 18.3 Å². The van der Waals surface area contributed by atoms with Crippen molar-refractivity contribution >= 4 is 21.9 Å². The predicted molar refractivity (Wildman–Crippen MR) is 83.0 cm³/mol. The summed E-state index contributed by atoms with van der Waals surface area (Å²) in [5.41, 5.74) is 1.43. The second-order valence-electron chi connectivity index (χ2n) is 4.62. The van der Waals surface area contributed by atoms with Crippen LogP contribution in [0.2, 0.25) is 0 Å². The second kappa shape index (κ2) is 6.70. The lowest BCUT2D eigenvalue weighted by molar-refractivity contribution is 0.0467. The molecule has 0 unspecified atom stereocenters. The van der Waals surface area contributed by atoms with Crippen molar-refractivity contribution in [2.24, 2.45) is 0 Å². The van der Waals surface area contributed by atoms with E-state index >= 15 is 0 Å². The van der Waals surface area contributed by atoms with E-state index in [1.54, 1.807) is 24.4 Å². The third kappa shape index (κ3) is 3.81. The minimum absolute atomic E-state index is 0.0317. The number of ether oxygens (including phenoxy) is 1. The summed E-state index contributed by atoms with van der Waals surface area (Å²) in [5.74, 6) is -0.512. The molecule has 0 atom stereocenters. The van der Waals surface area contributed by atoms with E-state index in [9.17, 15) is 9.18 Å². The maximum Gasteiger partial charge on any atom is 0.340 e. The molecule has 0 saturated heterocycles. The molecule has 0 aliphatic heterocycles. The third-order valence-electron chi connectivity index (χ3n) is 2.93. The molecule has 0 N–H and O–H groups in total. The SMILES string of the molecule is O=C(OCc1coc(-c2ccc(F)cc2)n1)c1cncc(Br)c1. The van der Waals surface area contributed by atoms with Gasteiger partial charge < -0.3 is 9.15 Å². The standard InChI is InChI=1S/C16H10BrFN2O3/c17-12-5-11(6-19-7-12)16(21)23-9-14-8-22-15(20-14)10-1-3-13(18)4-2-10/h1-8H,9H2. The molecule has 3 rings (SSSR count). The van der Waals surface area contributed by atoms with Crippen LogP contribution in [0.5, 0.6) is 0 Å². The molecule has 0 aliphatic carbocycles. The van der Waals surface area contributed by atoms with Gasteiger partial charge in [-0.25, -0.2) is 14.2 Å². The molecule has 7 heteroatoms. The number of esters is 1. The van der Waals surface area contributed by atoms with Crippen LogP contribution in [0.25, 0.3) is 11.5 Å². The zero-order chi connectivity index (χ0) is 16.2. The number of halogens is 2. The zero-order valence-corrected chi connectivity index (χ0v) is 13.3. The molecular formula is C16H10BrFN2O3. The number of rotatable bonds is 4. The van der Waals surface area contributed by atoms with Gasteiger partial charge in [0.25, 0.3) is 0 Å². The van der Waals surface area contributed by atoms with E-state index in [0.717, 1.165) is 0 Å². The lowest BCUT2D eigenvalue weighted by Gasteiger charge is -2.02. The van der Waals surface area contributed by atoms with Gasteiger partial charge in [0.15, 0.2) is 0 Å². The topological polar surface area (TPSA) is 65.2 Å². The summed E-state index contributed by atoms with van der Waals surface area (Å²) in [6, 6.07) is 7.37. The number of oxazole rings is 1. The van der Waals surface area contributed by atoms with Gasteiger partial charge in [-0.05, 0) is 46.3 Å². The van der Waals surface area contributed by atoms with Gasteiger partial charge >= 0.3 is 5.97 Å². The Morgan fingerprint density at radius 1 is 1.26 bits per heavy atom. The summed E-state index contributed by atoms with van der Waals surface area (Å²) in [7, 11) is 0. The zero-order valence-electron chi connectivity index (χ0n) is 11.7. The number of pyridine rings is 1. The van der Waals surface area contributed by atoms with Crippen LogP contribution >= 0.6 is 15.9 Å². The molecule has 2 heterocycles. The summed E-state index contributed by atoms with van der Waals surface area (Å²) >= 11 is 3.24. The number of nitrogens with zero attached hydrogens (tertiary/aromatic N) is 2. The maximum atomic E-state index is 12.9. The first-order valence-corrected chi connectivity index (χ1v) is 7.39.